The van der Waals surface area contributed by atoms with Gasteiger partial charge in [-0.1, -0.05) is 36.4 Å². The summed E-state index contributed by atoms with van der Waals surface area (Å²) in [4.78, 5) is 0. The minimum atomic E-state index is 0.134. The molecule has 1 nitrogen and oxygen atoms in total. The molecule has 0 bridgehead atoms. The molecule has 76 valence electrons. The van der Waals surface area contributed by atoms with Crippen LogP contribution in [-0.2, 0) is 4.74 Å². The number of alkyl halides is 1. The van der Waals surface area contributed by atoms with Gasteiger partial charge >= 0.3 is 0 Å². The van der Waals surface area contributed by atoms with E-state index in [0.29, 0.717) is 9.34 Å². The maximum Gasteiger partial charge on any atom is 0.0770 e. The van der Waals surface area contributed by atoms with Crippen molar-refractivity contribution in [3.63, 3.8) is 0 Å². The summed E-state index contributed by atoms with van der Waals surface area (Å²) in [5.74, 6) is 1.89. The van der Waals surface area contributed by atoms with Gasteiger partial charge in [0.15, 0.2) is 0 Å². The molecule has 2 rings (SSSR count). The zero-order chi connectivity index (χ0) is 9.85. The molecule has 0 radical (unpaired) electrons. The number of halogens is 1. The minimum Gasteiger partial charge on any atom is -0.377 e. The van der Waals surface area contributed by atoms with Crippen LogP contribution in [0.5, 0.6) is 0 Å². The maximum absolute atomic E-state index is 5.67. The highest BCUT2D eigenvalue weighted by molar-refractivity contribution is 14.1. The molecule has 2 aliphatic rings. The Kier molecular flexibility index (Phi) is 2.24. The largest absolute Gasteiger partial charge is 0.377 e. The van der Waals surface area contributed by atoms with Gasteiger partial charge in [0, 0.05) is 11.0 Å². The lowest BCUT2D eigenvalue weighted by atomic mass is 9.86. The smallest absolute Gasteiger partial charge is 0.0770 e. The van der Waals surface area contributed by atoms with Gasteiger partial charge in [-0.3, -0.25) is 0 Å². The van der Waals surface area contributed by atoms with E-state index in [1.807, 2.05) is 7.11 Å². The summed E-state index contributed by atoms with van der Waals surface area (Å²) in [7, 11) is 1.86. The van der Waals surface area contributed by atoms with Gasteiger partial charge in [0.1, 0.15) is 0 Å². The van der Waals surface area contributed by atoms with Gasteiger partial charge in [0.05, 0.1) is 5.60 Å². The number of fused-ring (bicyclic) bond motifs is 1. The molecule has 2 heteroatoms. The van der Waals surface area contributed by atoms with Crippen LogP contribution in [0.2, 0.25) is 0 Å². The first-order valence-electron chi connectivity index (χ1n) is 5.11. The van der Waals surface area contributed by atoms with Crippen LogP contribution in [0.25, 0.3) is 0 Å². The average Bonchev–Trinajstić information content (AvgIpc) is 2.56. The van der Waals surface area contributed by atoms with Crippen LogP contribution in [0.4, 0.5) is 0 Å². The Morgan fingerprint density at radius 1 is 1.23 bits per heavy atom. The fourth-order valence-corrected chi connectivity index (χ4v) is 4.04. The number of rotatable bonds is 1. The number of hydrogen-bond donors (Lipinski definition) is 0. The van der Waals surface area contributed by atoms with Gasteiger partial charge in [-0.25, -0.2) is 0 Å². The predicted octanol–water partition coefficient (Wildman–Crippen LogP) is 3.26. The third kappa shape index (κ3) is 1.36. The monoisotopic (exact) mass is 294 g/mol. The minimum absolute atomic E-state index is 0.134. The zero-order valence-corrected chi connectivity index (χ0v) is 11.1. The highest BCUT2D eigenvalue weighted by atomic mass is 127. The Hall–Kier alpha value is 0.690. The van der Waals surface area contributed by atoms with Crippen LogP contribution in [0, 0.1) is 17.3 Å². The van der Waals surface area contributed by atoms with Crippen LogP contribution < -0.4 is 0 Å². The average molecular weight is 294 g/mol. The van der Waals surface area contributed by atoms with Crippen molar-refractivity contribution in [1.29, 1.82) is 0 Å². The fraction of sp³-hybridized carbons (Fsp3) is 1.00. The lowest BCUT2D eigenvalue weighted by molar-refractivity contribution is -0.0172. The van der Waals surface area contributed by atoms with Crippen LogP contribution in [-0.4, -0.2) is 16.6 Å². The summed E-state index contributed by atoms with van der Waals surface area (Å²) < 4.78 is 6.37. The van der Waals surface area contributed by atoms with E-state index in [9.17, 15) is 0 Å². The molecular formula is C11H19IO. The van der Waals surface area contributed by atoms with E-state index < -0.39 is 0 Å². The Morgan fingerprint density at radius 3 is 2.38 bits per heavy atom. The third-order valence-electron chi connectivity index (χ3n) is 4.50. The van der Waals surface area contributed by atoms with Gasteiger partial charge in [-0.05, 0) is 37.0 Å². The first kappa shape index (κ1) is 10.2. The Labute approximate surface area is 94.8 Å². The molecule has 0 heterocycles. The van der Waals surface area contributed by atoms with Crippen molar-refractivity contribution in [2.75, 3.05) is 7.11 Å². The second-order valence-corrected chi connectivity index (χ2v) is 6.96. The topological polar surface area (TPSA) is 9.23 Å². The van der Waals surface area contributed by atoms with E-state index in [2.05, 4.69) is 43.4 Å². The van der Waals surface area contributed by atoms with Crippen LogP contribution in [0.15, 0.2) is 0 Å². The van der Waals surface area contributed by atoms with Crippen molar-refractivity contribution < 1.29 is 4.74 Å². The second kappa shape index (κ2) is 2.84. The maximum atomic E-state index is 5.67. The second-order valence-electron chi connectivity index (χ2n) is 5.46. The van der Waals surface area contributed by atoms with E-state index in [0.717, 1.165) is 11.8 Å². The van der Waals surface area contributed by atoms with Gasteiger partial charge < -0.3 is 4.74 Å². The number of methoxy groups -OCH3 is 1. The van der Waals surface area contributed by atoms with Gasteiger partial charge in [-0.2, -0.15) is 0 Å². The molecule has 4 unspecified atom stereocenters. The van der Waals surface area contributed by atoms with E-state index in [1.54, 1.807) is 0 Å². The first-order valence-corrected chi connectivity index (χ1v) is 6.35. The molecule has 0 aromatic heterocycles. The molecule has 0 saturated heterocycles. The summed E-state index contributed by atoms with van der Waals surface area (Å²) in [6.45, 7) is 7.09. The van der Waals surface area contributed by atoms with Crippen LogP contribution >= 0.6 is 22.6 Å². The van der Waals surface area contributed by atoms with Gasteiger partial charge in [-0.15, -0.1) is 0 Å². The van der Waals surface area contributed by atoms with Gasteiger partial charge in [0.2, 0.25) is 0 Å². The molecule has 0 spiro atoms. The highest BCUT2D eigenvalue weighted by Crippen LogP contribution is 2.67. The molecule has 2 aliphatic carbocycles. The summed E-state index contributed by atoms with van der Waals surface area (Å²) in [5.41, 5.74) is 0.731. The van der Waals surface area contributed by atoms with E-state index >= 15 is 0 Å². The van der Waals surface area contributed by atoms with Crippen LogP contribution in [0.3, 0.4) is 0 Å². The Balaban J connectivity index is 2.13. The lowest BCUT2D eigenvalue weighted by Gasteiger charge is -2.36. The summed E-state index contributed by atoms with van der Waals surface area (Å²) in [5, 5.41) is 0. The number of hydrogen-bond acceptors (Lipinski definition) is 1. The van der Waals surface area contributed by atoms with E-state index in [4.69, 9.17) is 4.74 Å². The first-order chi connectivity index (χ1) is 5.92. The van der Waals surface area contributed by atoms with Crippen molar-refractivity contribution in [3.8, 4) is 0 Å². The molecule has 0 aromatic carbocycles. The SMILES string of the molecule is COC1(C)CC2C(CC1I)C2(C)C. The molecule has 0 amide bonds. The molecule has 0 N–H and O–H groups in total. The molecule has 2 saturated carbocycles. The molecule has 4 atom stereocenters. The number of ether oxygens (including phenoxy) is 1. The molecule has 2 fully saturated rings. The van der Waals surface area contributed by atoms with Crippen molar-refractivity contribution in [2.24, 2.45) is 17.3 Å². The van der Waals surface area contributed by atoms with Crippen molar-refractivity contribution in [2.45, 2.75) is 43.1 Å². The quantitative estimate of drug-likeness (QED) is 0.533. The third-order valence-corrected chi connectivity index (χ3v) is 6.33. The molecule has 0 aliphatic heterocycles. The van der Waals surface area contributed by atoms with Crippen molar-refractivity contribution in [3.05, 3.63) is 0 Å². The Morgan fingerprint density at radius 2 is 1.85 bits per heavy atom. The standard InChI is InChI=1S/C11H19IO/c1-10(2)7-5-9(12)11(3,13-4)6-8(7)10/h7-9H,5-6H2,1-4H3. The van der Waals surface area contributed by atoms with Crippen LogP contribution in [0.1, 0.15) is 33.6 Å². The van der Waals surface area contributed by atoms with Crippen molar-refractivity contribution in [1.82, 2.24) is 0 Å². The summed E-state index contributed by atoms with van der Waals surface area (Å²) in [6.07, 6.45) is 2.61. The fourth-order valence-electron chi connectivity index (χ4n) is 2.98. The Bertz CT molecular complexity index is 226. The lowest BCUT2D eigenvalue weighted by Crippen LogP contribution is -2.41. The normalized spacial score (nSPS) is 52.8. The predicted molar refractivity (Wildman–Crippen MR) is 63.2 cm³/mol. The van der Waals surface area contributed by atoms with Gasteiger partial charge in [0.25, 0.3) is 0 Å². The van der Waals surface area contributed by atoms with Crippen molar-refractivity contribution >= 4 is 22.6 Å². The molecular weight excluding hydrogens is 275 g/mol. The zero-order valence-electron chi connectivity index (χ0n) is 8.93. The summed E-state index contributed by atoms with van der Waals surface area (Å²) in [6, 6.07) is 0. The van der Waals surface area contributed by atoms with E-state index in [-0.39, 0.29) is 5.60 Å². The molecule has 0 aromatic rings. The molecule has 13 heavy (non-hydrogen) atoms. The summed E-state index contributed by atoms with van der Waals surface area (Å²) >= 11 is 2.57. The van der Waals surface area contributed by atoms with E-state index in [1.165, 1.54) is 12.8 Å². The highest BCUT2D eigenvalue weighted by Gasteiger charge is 2.63.